The number of hydrogen-bond donors (Lipinski definition) is 1. The Kier molecular flexibility index (Phi) is 7.06. The Morgan fingerprint density at radius 1 is 1.03 bits per heavy atom. The van der Waals surface area contributed by atoms with Gasteiger partial charge in [0.25, 0.3) is 0 Å². The highest BCUT2D eigenvalue weighted by Gasteiger charge is 2.12. The quantitative estimate of drug-likeness (QED) is 0.479. The molecule has 1 N–H and O–H groups in total. The van der Waals surface area contributed by atoms with Crippen LogP contribution in [0, 0.1) is 13.8 Å². The minimum atomic E-state index is -0.739. The van der Waals surface area contributed by atoms with Gasteiger partial charge in [-0.3, -0.25) is 4.79 Å². The third kappa shape index (κ3) is 5.70. The smallest absolute Gasteiger partial charge is 0.303 e. The fourth-order valence-corrected chi connectivity index (χ4v) is 3.28. The maximum atomic E-state index is 10.6. The van der Waals surface area contributed by atoms with Gasteiger partial charge in [0, 0.05) is 29.4 Å². The molecule has 152 valence electrons. The maximum Gasteiger partial charge on any atom is 0.303 e. The summed E-state index contributed by atoms with van der Waals surface area (Å²) in [4.78, 5) is 15.2. The number of ether oxygens (including phenoxy) is 1. The molecule has 0 fully saturated rings. The van der Waals surface area contributed by atoms with E-state index in [1.807, 2.05) is 24.4 Å². The van der Waals surface area contributed by atoms with Crippen LogP contribution in [0.25, 0.3) is 11.4 Å². The van der Waals surface area contributed by atoms with Crippen molar-refractivity contribution in [3.63, 3.8) is 0 Å². The Labute approximate surface area is 172 Å². The number of para-hydroxylation sites is 1. The number of rotatable bonds is 10. The molecule has 0 aliphatic rings. The first-order valence-corrected chi connectivity index (χ1v) is 10.1. The lowest BCUT2D eigenvalue weighted by Crippen LogP contribution is -2.07. The van der Waals surface area contributed by atoms with E-state index >= 15 is 0 Å². The lowest BCUT2D eigenvalue weighted by Gasteiger charge is -2.15. The molecule has 0 spiro atoms. The summed E-state index contributed by atoms with van der Waals surface area (Å²) in [5.74, 6) is 1.08. The van der Waals surface area contributed by atoms with E-state index in [1.165, 1.54) is 5.56 Å². The van der Waals surface area contributed by atoms with E-state index in [9.17, 15) is 4.79 Å². The van der Waals surface area contributed by atoms with Crippen LogP contribution in [0.15, 0.2) is 54.7 Å². The van der Waals surface area contributed by atoms with E-state index in [-0.39, 0.29) is 6.42 Å². The fourth-order valence-electron chi connectivity index (χ4n) is 3.28. The first kappa shape index (κ1) is 20.6. The number of aliphatic carboxylic acids is 1. The van der Waals surface area contributed by atoms with Crippen LogP contribution < -0.4 is 4.74 Å². The molecule has 0 saturated heterocycles. The van der Waals surface area contributed by atoms with Gasteiger partial charge in [0.05, 0.1) is 13.2 Å². The summed E-state index contributed by atoms with van der Waals surface area (Å²) in [6.07, 6.45) is 4.51. The van der Waals surface area contributed by atoms with Crippen LogP contribution in [0.4, 0.5) is 0 Å². The van der Waals surface area contributed by atoms with Gasteiger partial charge in [0.2, 0.25) is 0 Å². The van der Waals surface area contributed by atoms with E-state index in [2.05, 4.69) is 53.7 Å². The van der Waals surface area contributed by atoms with Crippen LogP contribution in [-0.4, -0.2) is 27.2 Å². The van der Waals surface area contributed by atoms with Gasteiger partial charge >= 0.3 is 5.97 Å². The SMILES string of the molecule is Cc1ccc(-c2ncc(C)n2Cc2ccccc2OCCCCCC(=O)O)cc1. The zero-order valence-corrected chi connectivity index (χ0v) is 17.1. The molecule has 3 rings (SSSR count). The minimum absolute atomic E-state index is 0.221. The average molecular weight is 392 g/mol. The molecule has 0 aliphatic heterocycles. The number of aryl methyl sites for hydroxylation is 2. The third-order valence-electron chi connectivity index (χ3n) is 4.96. The topological polar surface area (TPSA) is 64.4 Å². The standard InChI is InChI=1S/C24H28N2O3/c1-18-11-13-20(14-12-18)24-25-16-19(2)26(24)17-21-8-5-6-9-22(21)29-15-7-3-4-10-23(27)28/h5-6,8-9,11-14,16H,3-4,7,10,15,17H2,1-2H3,(H,27,28). The number of nitrogens with zero attached hydrogens (tertiary/aromatic N) is 2. The maximum absolute atomic E-state index is 10.6. The molecule has 3 aromatic rings. The van der Waals surface area contributed by atoms with Crippen LogP contribution in [0.1, 0.15) is 42.5 Å². The van der Waals surface area contributed by atoms with Crippen molar-refractivity contribution >= 4 is 5.97 Å². The van der Waals surface area contributed by atoms with Gasteiger partial charge in [-0.05, 0) is 39.2 Å². The summed E-state index contributed by atoms with van der Waals surface area (Å²) in [6.45, 7) is 5.42. The third-order valence-corrected chi connectivity index (χ3v) is 4.96. The van der Waals surface area contributed by atoms with Crippen LogP contribution >= 0.6 is 0 Å². The zero-order valence-electron chi connectivity index (χ0n) is 17.1. The number of carboxylic acids is 1. The summed E-state index contributed by atoms with van der Waals surface area (Å²) in [7, 11) is 0. The van der Waals surface area contributed by atoms with Crippen molar-refractivity contribution in [2.24, 2.45) is 0 Å². The van der Waals surface area contributed by atoms with Crippen molar-refractivity contribution < 1.29 is 14.6 Å². The molecule has 0 aliphatic carbocycles. The van der Waals surface area contributed by atoms with Crippen molar-refractivity contribution in [3.05, 3.63) is 71.5 Å². The second-order valence-corrected chi connectivity index (χ2v) is 7.34. The monoisotopic (exact) mass is 392 g/mol. The van der Waals surface area contributed by atoms with Crippen molar-refractivity contribution in [2.45, 2.75) is 46.1 Å². The van der Waals surface area contributed by atoms with Gasteiger partial charge in [-0.15, -0.1) is 0 Å². The highest BCUT2D eigenvalue weighted by atomic mass is 16.5. The Morgan fingerprint density at radius 2 is 1.79 bits per heavy atom. The summed E-state index contributed by atoms with van der Waals surface area (Å²) >= 11 is 0. The molecule has 1 heterocycles. The van der Waals surface area contributed by atoms with Gasteiger partial charge in [0.15, 0.2) is 0 Å². The molecule has 0 bridgehead atoms. The van der Waals surface area contributed by atoms with Gasteiger partial charge < -0.3 is 14.4 Å². The second-order valence-electron chi connectivity index (χ2n) is 7.34. The highest BCUT2D eigenvalue weighted by Crippen LogP contribution is 2.25. The van der Waals surface area contributed by atoms with Gasteiger partial charge in [-0.25, -0.2) is 4.98 Å². The summed E-state index contributed by atoms with van der Waals surface area (Å²) in [6, 6.07) is 16.5. The van der Waals surface area contributed by atoms with E-state index in [1.54, 1.807) is 0 Å². The number of aromatic nitrogens is 2. The Morgan fingerprint density at radius 3 is 2.55 bits per heavy atom. The first-order valence-electron chi connectivity index (χ1n) is 10.1. The molecule has 0 amide bonds. The number of hydrogen-bond acceptors (Lipinski definition) is 3. The van der Waals surface area contributed by atoms with Crippen LogP contribution in [-0.2, 0) is 11.3 Å². The number of carbonyl (C=O) groups is 1. The zero-order chi connectivity index (χ0) is 20.6. The van der Waals surface area contributed by atoms with E-state index < -0.39 is 5.97 Å². The molecule has 5 nitrogen and oxygen atoms in total. The molecule has 29 heavy (non-hydrogen) atoms. The van der Waals surface area contributed by atoms with Crippen LogP contribution in [0.2, 0.25) is 0 Å². The molecule has 1 aromatic heterocycles. The largest absolute Gasteiger partial charge is 0.493 e. The molecule has 2 aromatic carbocycles. The molecular formula is C24H28N2O3. The van der Waals surface area contributed by atoms with Crippen molar-refractivity contribution in [1.82, 2.24) is 9.55 Å². The molecular weight excluding hydrogens is 364 g/mol. The predicted molar refractivity (Wildman–Crippen MR) is 114 cm³/mol. The Bertz CT molecular complexity index is 945. The van der Waals surface area contributed by atoms with E-state index in [0.717, 1.165) is 41.2 Å². The van der Waals surface area contributed by atoms with Gasteiger partial charge in [0.1, 0.15) is 11.6 Å². The lowest BCUT2D eigenvalue weighted by atomic mass is 10.1. The number of unbranched alkanes of at least 4 members (excludes halogenated alkanes) is 2. The van der Waals surface area contributed by atoms with Crippen LogP contribution in [0.5, 0.6) is 5.75 Å². The van der Waals surface area contributed by atoms with E-state index in [0.29, 0.717) is 19.6 Å². The first-order chi connectivity index (χ1) is 14.0. The summed E-state index contributed by atoms with van der Waals surface area (Å²) in [5.41, 5.74) is 4.53. The van der Waals surface area contributed by atoms with Gasteiger partial charge in [-0.1, -0.05) is 48.0 Å². The van der Waals surface area contributed by atoms with Crippen LogP contribution in [0.3, 0.4) is 0 Å². The number of benzene rings is 2. The lowest BCUT2D eigenvalue weighted by molar-refractivity contribution is -0.137. The van der Waals surface area contributed by atoms with Crippen molar-refractivity contribution in [2.75, 3.05) is 6.61 Å². The van der Waals surface area contributed by atoms with E-state index in [4.69, 9.17) is 9.84 Å². The molecule has 0 radical (unpaired) electrons. The summed E-state index contributed by atoms with van der Waals surface area (Å²) < 4.78 is 8.22. The summed E-state index contributed by atoms with van der Waals surface area (Å²) in [5, 5.41) is 8.71. The molecule has 0 unspecified atom stereocenters. The molecule has 0 atom stereocenters. The molecule has 5 heteroatoms. The fraction of sp³-hybridized carbons (Fsp3) is 0.333. The number of carboxylic acid groups (broad SMARTS) is 1. The highest BCUT2D eigenvalue weighted by molar-refractivity contribution is 5.66. The van der Waals surface area contributed by atoms with Gasteiger partial charge in [-0.2, -0.15) is 0 Å². The Balaban J connectivity index is 1.69. The molecule has 0 saturated carbocycles. The van der Waals surface area contributed by atoms with Crippen molar-refractivity contribution in [3.8, 4) is 17.1 Å². The van der Waals surface area contributed by atoms with Crippen molar-refractivity contribution in [1.29, 1.82) is 0 Å². The minimum Gasteiger partial charge on any atom is -0.493 e. The second kappa shape index (κ2) is 9.92. The predicted octanol–water partition coefficient (Wildman–Crippen LogP) is 5.24. The number of imidazole rings is 1. The average Bonchev–Trinajstić information content (AvgIpc) is 3.06. The normalized spacial score (nSPS) is 10.8. The Hall–Kier alpha value is -3.08.